The number of fused-ring (bicyclic) bond motifs is 1. The largest absolute Gasteiger partial charge is 0.489 e. The smallest absolute Gasteiger partial charge is 0.356 e. The van der Waals surface area contributed by atoms with Gasteiger partial charge in [0, 0.05) is 24.5 Å². The number of carbonyl (C=O) groups is 1. The molecule has 0 N–H and O–H groups in total. The first-order valence-corrected chi connectivity index (χ1v) is 9.98. The van der Waals surface area contributed by atoms with Gasteiger partial charge in [-0.15, -0.1) is 4.37 Å². The van der Waals surface area contributed by atoms with Crippen molar-refractivity contribution in [2.75, 3.05) is 51.5 Å². The molecule has 9 nitrogen and oxygen atoms in total. The zero-order chi connectivity index (χ0) is 20.9. The number of benzene rings is 1. The Morgan fingerprint density at radius 2 is 2.00 bits per heavy atom. The molecule has 0 radical (unpaired) electrons. The summed E-state index contributed by atoms with van der Waals surface area (Å²) in [6, 6.07) is 5.49. The molecule has 1 aliphatic heterocycles. The molecule has 0 unspecified atom stereocenters. The van der Waals surface area contributed by atoms with Gasteiger partial charge < -0.3 is 23.8 Å². The summed E-state index contributed by atoms with van der Waals surface area (Å²) in [5.74, 6) is 0.401. The number of halogens is 1. The minimum absolute atomic E-state index is 0.0748. The van der Waals surface area contributed by atoms with E-state index in [-0.39, 0.29) is 18.9 Å². The van der Waals surface area contributed by atoms with Crippen LogP contribution in [0.3, 0.4) is 0 Å². The Balaban J connectivity index is 1.44. The highest BCUT2D eigenvalue weighted by Gasteiger charge is 2.20. The Bertz CT molecular complexity index is 1040. The molecule has 0 bridgehead atoms. The lowest BCUT2D eigenvalue weighted by molar-refractivity contribution is 0.0594. The second kappa shape index (κ2) is 9.18. The van der Waals surface area contributed by atoms with E-state index >= 15 is 0 Å². The Morgan fingerprint density at radius 1 is 1.20 bits per heavy atom. The Labute approximate surface area is 175 Å². The summed E-state index contributed by atoms with van der Waals surface area (Å²) in [6.07, 6.45) is 0. The molecule has 0 saturated carbocycles. The summed E-state index contributed by atoms with van der Waals surface area (Å²) in [5.41, 5.74) is 0.499. The van der Waals surface area contributed by atoms with Gasteiger partial charge in [-0.25, -0.2) is 14.2 Å². The van der Waals surface area contributed by atoms with Gasteiger partial charge in [0.1, 0.15) is 24.8 Å². The van der Waals surface area contributed by atoms with E-state index in [1.165, 1.54) is 31.4 Å². The summed E-state index contributed by atoms with van der Waals surface area (Å²) in [4.78, 5) is 18.1. The minimum atomic E-state index is -0.606. The van der Waals surface area contributed by atoms with Gasteiger partial charge in [-0.05, 0) is 18.2 Å². The number of hydrogen-bond donors (Lipinski definition) is 0. The van der Waals surface area contributed by atoms with Crippen LogP contribution < -0.4 is 14.4 Å². The van der Waals surface area contributed by atoms with Gasteiger partial charge in [0.05, 0.1) is 37.6 Å². The van der Waals surface area contributed by atoms with E-state index in [1.54, 1.807) is 0 Å². The quantitative estimate of drug-likeness (QED) is 0.410. The van der Waals surface area contributed by atoms with Crippen molar-refractivity contribution in [3.8, 4) is 11.6 Å². The van der Waals surface area contributed by atoms with Crippen LogP contribution in [0.15, 0.2) is 24.3 Å². The Morgan fingerprint density at radius 3 is 2.80 bits per heavy atom. The molecule has 3 aromatic rings. The number of hydrogen-bond acceptors (Lipinski definition) is 10. The summed E-state index contributed by atoms with van der Waals surface area (Å²) in [7, 11) is 1.27. The minimum Gasteiger partial charge on any atom is -0.489 e. The van der Waals surface area contributed by atoms with Crippen LogP contribution in [0.2, 0.25) is 0 Å². The normalized spacial score (nSPS) is 14.0. The van der Waals surface area contributed by atoms with E-state index in [1.807, 2.05) is 0 Å². The first-order chi connectivity index (χ1) is 14.7. The van der Waals surface area contributed by atoms with Gasteiger partial charge in [-0.3, -0.25) is 0 Å². The summed E-state index contributed by atoms with van der Waals surface area (Å²) in [5, 5.41) is 0.451. The van der Waals surface area contributed by atoms with E-state index in [0.29, 0.717) is 41.6 Å². The number of morpholine rings is 1. The maximum absolute atomic E-state index is 13.7. The molecule has 0 amide bonds. The zero-order valence-corrected chi connectivity index (χ0v) is 17.0. The molecule has 30 heavy (non-hydrogen) atoms. The second-order valence-corrected chi connectivity index (χ2v) is 6.88. The maximum Gasteiger partial charge on any atom is 0.356 e. The number of carbonyl (C=O) groups excluding carboxylic acids is 1. The van der Waals surface area contributed by atoms with Crippen molar-refractivity contribution in [1.82, 2.24) is 13.7 Å². The van der Waals surface area contributed by atoms with Crippen molar-refractivity contribution in [3.05, 3.63) is 35.8 Å². The molecule has 3 heterocycles. The molecule has 0 aliphatic carbocycles. The first kappa shape index (κ1) is 20.2. The number of rotatable bonds is 7. The monoisotopic (exact) mass is 434 g/mol. The third-order valence-electron chi connectivity index (χ3n) is 4.46. The molecule has 0 atom stereocenters. The fourth-order valence-corrected chi connectivity index (χ4v) is 3.54. The second-order valence-electron chi connectivity index (χ2n) is 6.35. The van der Waals surface area contributed by atoms with Crippen LogP contribution in [0.25, 0.3) is 10.9 Å². The molecule has 1 aliphatic rings. The SMILES string of the molecule is COC(=O)c1cc(OCCOc2nsnc2N2CCOCC2)c2cc(F)ccc2n1. The third-order valence-corrected chi connectivity index (χ3v) is 4.96. The number of pyridine rings is 1. The van der Waals surface area contributed by atoms with E-state index in [0.717, 1.165) is 24.8 Å². The average molecular weight is 434 g/mol. The van der Waals surface area contributed by atoms with Crippen LogP contribution in [0.1, 0.15) is 10.5 Å². The highest BCUT2D eigenvalue weighted by atomic mass is 32.1. The standard InChI is InChI=1S/C19H19FN4O5S/c1-26-19(25)15-11-16(13-10-12(20)2-3-14(13)21-15)28-8-9-29-18-17(22-30-23-18)24-4-6-27-7-5-24/h2-3,10-11H,4-9H2,1H3. The van der Waals surface area contributed by atoms with E-state index in [9.17, 15) is 9.18 Å². The Kier molecular flexibility index (Phi) is 6.19. The number of ether oxygens (including phenoxy) is 4. The van der Waals surface area contributed by atoms with Crippen LogP contribution in [0.5, 0.6) is 11.6 Å². The molecule has 158 valence electrons. The predicted molar refractivity (Wildman–Crippen MR) is 107 cm³/mol. The van der Waals surface area contributed by atoms with E-state index < -0.39 is 11.8 Å². The van der Waals surface area contributed by atoms with Crippen LogP contribution in [-0.4, -0.2) is 66.3 Å². The molecule has 2 aromatic heterocycles. The lowest BCUT2D eigenvalue weighted by Crippen LogP contribution is -2.36. The number of aromatic nitrogens is 3. The van der Waals surface area contributed by atoms with Crippen LogP contribution in [0.4, 0.5) is 10.2 Å². The molecule has 1 fully saturated rings. The topological polar surface area (TPSA) is 95.9 Å². The summed E-state index contributed by atoms with van der Waals surface area (Å²) >= 11 is 1.08. The van der Waals surface area contributed by atoms with Crippen LogP contribution in [0, 0.1) is 5.82 Å². The van der Waals surface area contributed by atoms with E-state index in [4.69, 9.17) is 18.9 Å². The Hall–Kier alpha value is -3.05. The molecule has 0 spiro atoms. The fourth-order valence-electron chi connectivity index (χ4n) is 3.02. The van der Waals surface area contributed by atoms with Crippen molar-refractivity contribution >= 4 is 34.4 Å². The lowest BCUT2D eigenvalue weighted by Gasteiger charge is -2.26. The van der Waals surface area contributed by atoms with Crippen molar-refractivity contribution in [2.24, 2.45) is 0 Å². The zero-order valence-electron chi connectivity index (χ0n) is 16.2. The highest BCUT2D eigenvalue weighted by Crippen LogP contribution is 2.28. The van der Waals surface area contributed by atoms with Crippen molar-refractivity contribution in [2.45, 2.75) is 0 Å². The maximum atomic E-state index is 13.7. The molecule has 1 saturated heterocycles. The van der Waals surface area contributed by atoms with Crippen LogP contribution in [-0.2, 0) is 9.47 Å². The molecule has 1 aromatic carbocycles. The molecular formula is C19H19FN4O5S. The molecule has 4 rings (SSSR count). The van der Waals surface area contributed by atoms with Gasteiger partial charge in [-0.1, -0.05) is 0 Å². The van der Waals surface area contributed by atoms with Crippen LogP contribution >= 0.6 is 11.7 Å². The number of methoxy groups -OCH3 is 1. The number of nitrogens with zero attached hydrogens (tertiary/aromatic N) is 4. The highest BCUT2D eigenvalue weighted by molar-refractivity contribution is 6.99. The average Bonchev–Trinajstić information content (AvgIpc) is 3.25. The van der Waals surface area contributed by atoms with Crippen molar-refractivity contribution < 1.29 is 28.1 Å². The number of esters is 1. The summed E-state index contributed by atoms with van der Waals surface area (Å²) in [6.45, 7) is 3.06. The predicted octanol–water partition coefficient (Wildman–Crippen LogP) is 2.31. The van der Waals surface area contributed by atoms with Crippen molar-refractivity contribution in [1.29, 1.82) is 0 Å². The molecular weight excluding hydrogens is 415 g/mol. The van der Waals surface area contributed by atoms with Gasteiger partial charge in [-0.2, -0.15) is 4.37 Å². The van der Waals surface area contributed by atoms with Crippen molar-refractivity contribution in [3.63, 3.8) is 0 Å². The van der Waals surface area contributed by atoms with Gasteiger partial charge in [0.2, 0.25) is 5.82 Å². The van der Waals surface area contributed by atoms with Gasteiger partial charge in [0.15, 0.2) is 5.69 Å². The first-order valence-electron chi connectivity index (χ1n) is 9.25. The summed E-state index contributed by atoms with van der Waals surface area (Å²) < 4.78 is 43.8. The number of anilines is 1. The van der Waals surface area contributed by atoms with Gasteiger partial charge in [0.25, 0.3) is 5.88 Å². The fraction of sp³-hybridized carbons (Fsp3) is 0.368. The van der Waals surface area contributed by atoms with E-state index in [2.05, 4.69) is 18.6 Å². The third kappa shape index (κ3) is 4.41. The van der Waals surface area contributed by atoms with Gasteiger partial charge >= 0.3 is 5.97 Å². The lowest BCUT2D eigenvalue weighted by atomic mass is 10.1. The molecule has 11 heteroatoms.